The van der Waals surface area contributed by atoms with Crippen molar-refractivity contribution in [1.82, 2.24) is 9.62 Å². The molecule has 1 aliphatic carbocycles. The molecule has 2 aromatic carbocycles. The Morgan fingerprint density at radius 3 is 2.56 bits per heavy atom. The van der Waals surface area contributed by atoms with Crippen LogP contribution in [0, 0.1) is 0 Å². The van der Waals surface area contributed by atoms with E-state index in [1.807, 2.05) is 18.2 Å². The zero-order valence-corrected chi connectivity index (χ0v) is 19.5. The number of nitrogens with one attached hydrogen (secondary N) is 2. The quantitative estimate of drug-likeness (QED) is 0.670. The highest BCUT2D eigenvalue weighted by Crippen LogP contribution is 2.45. The number of ether oxygens (including phenoxy) is 2. The number of amides is 2. The summed E-state index contributed by atoms with van der Waals surface area (Å²) in [7, 11) is -3.86. The van der Waals surface area contributed by atoms with Crippen LogP contribution in [0.15, 0.2) is 47.4 Å². The van der Waals surface area contributed by atoms with Crippen molar-refractivity contribution in [3.63, 3.8) is 0 Å². The van der Waals surface area contributed by atoms with E-state index < -0.39 is 15.4 Å². The molecule has 0 unspecified atom stereocenters. The van der Waals surface area contributed by atoms with E-state index in [0.717, 1.165) is 22.7 Å². The average Bonchev–Trinajstić information content (AvgIpc) is 3.35. The molecular weight excluding hydrogens is 458 g/mol. The smallest absolute Gasteiger partial charge is 0.243 e. The van der Waals surface area contributed by atoms with Gasteiger partial charge in [0.25, 0.3) is 0 Å². The predicted molar refractivity (Wildman–Crippen MR) is 124 cm³/mol. The minimum absolute atomic E-state index is 0.0415. The first-order chi connectivity index (χ1) is 16.4. The minimum atomic E-state index is -3.86. The average molecular weight is 486 g/mol. The summed E-state index contributed by atoms with van der Waals surface area (Å²) >= 11 is 0. The maximum absolute atomic E-state index is 13.6. The van der Waals surface area contributed by atoms with E-state index in [-0.39, 0.29) is 36.3 Å². The number of anilines is 1. The molecule has 0 spiro atoms. The molecule has 2 heterocycles. The third-order valence-electron chi connectivity index (χ3n) is 6.72. The van der Waals surface area contributed by atoms with E-state index in [4.69, 9.17) is 9.47 Å². The molecule has 0 radical (unpaired) electrons. The lowest BCUT2D eigenvalue weighted by molar-refractivity contribution is -0.123. The van der Waals surface area contributed by atoms with Gasteiger partial charge in [0.2, 0.25) is 21.8 Å². The summed E-state index contributed by atoms with van der Waals surface area (Å²) < 4.78 is 38.6. The molecule has 0 aromatic heterocycles. The van der Waals surface area contributed by atoms with Crippen molar-refractivity contribution in [2.24, 2.45) is 0 Å². The van der Waals surface area contributed by atoms with Crippen molar-refractivity contribution < 1.29 is 27.5 Å². The molecule has 5 rings (SSSR count). The summed E-state index contributed by atoms with van der Waals surface area (Å²) in [4.78, 5) is 25.3. The van der Waals surface area contributed by atoms with Crippen LogP contribution < -0.4 is 20.1 Å². The van der Waals surface area contributed by atoms with E-state index in [0.29, 0.717) is 43.2 Å². The Labute approximate surface area is 198 Å². The van der Waals surface area contributed by atoms with E-state index in [1.54, 1.807) is 12.1 Å². The lowest BCUT2D eigenvalue weighted by Gasteiger charge is -2.30. The standard InChI is InChI=1S/C24H27N3O6S/c28-22-16-27(11-10-25-22)34(30,31)19-5-3-4-18(15-19)26-23(29)24(8-1-2-9-24)17-6-7-20-21(14-17)33-13-12-32-20/h3-7,14-15H,1-2,8-13,16H2,(H,25,28)(H,26,29). The van der Waals surface area contributed by atoms with Gasteiger partial charge in [0.1, 0.15) is 13.2 Å². The van der Waals surface area contributed by atoms with Crippen molar-refractivity contribution in [1.29, 1.82) is 0 Å². The molecule has 2 amide bonds. The van der Waals surface area contributed by atoms with Gasteiger partial charge in [0.15, 0.2) is 11.5 Å². The molecule has 0 atom stereocenters. The maximum atomic E-state index is 13.6. The number of nitrogens with zero attached hydrogens (tertiary/aromatic N) is 1. The third-order valence-corrected chi connectivity index (χ3v) is 8.56. The highest BCUT2D eigenvalue weighted by Gasteiger charge is 2.43. The zero-order valence-electron chi connectivity index (χ0n) is 18.7. The molecule has 180 valence electrons. The van der Waals surface area contributed by atoms with Gasteiger partial charge in [-0.25, -0.2) is 8.42 Å². The Morgan fingerprint density at radius 2 is 1.79 bits per heavy atom. The summed E-state index contributed by atoms with van der Waals surface area (Å²) in [6, 6.07) is 11.8. The Kier molecular flexibility index (Phi) is 5.95. The third kappa shape index (κ3) is 4.12. The number of fused-ring (bicyclic) bond motifs is 1. The Hall–Kier alpha value is -3.11. The van der Waals surface area contributed by atoms with Gasteiger partial charge in [-0.15, -0.1) is 0 Å². The molecule has 1 saturated carbocycles. The molecule has 2 aromatic rings. The molecule has 1 saturated heterocycles. The van der Waals surface area contributed by atoms with Crippen molar-refractivity contribution in [2.75, 3.05) is 38.2 Å². The number of sulfonamides is 1. The summed E-state index contributed by atoms with van der Waals surface area (Å²) in [6.45, 7) is 1.23. The first kappa shape index (κ1) is 22.7. The fourth-order valence-electron chi connectivity index (χ4n) is 4.92. The van der Waals surface area contributed by atoms with Gasteiger partial charge in [-0.2, -0.15) is 4.31 Å². The van der Waals surface area contributed by atoms with Gasteiger partial charge < -0.3 is 20.1 Å². The van der Waals surface area contributed by atoms with Gasteiger partial charge in [0, 0.05) is 18.8 Å². The van der Waals surface area contributed by atoms with Gasteiger partial charge >= 0.3 is 0 Å². The van der Waals surface area contributed by atoms with Crippen LogP contribution in [0.4, 0.5) is 5.69 Å². The number of carbonyl (C=O) groups excluding carboxylic acids is 2. The SMILES string of the molecule is O=C1CN(S(=O)(=O)c2cccc(NC(=O)C3(c4ccc5c(c4)OCCO5)CCCC3)c2)CCN1. The van der Waals surface area contributed by atoms with Crippen LogP contribution in [-0.4, -0.2) is 57.4 Å². The van der Waals surface area contributed by atoms with E-state index in [9.17, 15) is 18.0 Å². The first-order valence-corrected chi connectivity index (χ1v) is 12.9. The molecule has 9 nitrogen and oxygen atoms in total. The predicted octanol–water partition coefficient (Wildman–Crippen LogP) is 2.03. The highest BCUT2D eigenvalue weighted by atomic mass is 32.2. The lowest BCUT2D eigenvalue weighted by Crippen LogP contribution is -2.49. The maximum Gasteiger partial charge on any atom is 0.243 e. The Bertz CT molecular complexity index is 1220. The molecule has 0 bridgehead atoms. The molecule has 2 N–H and O–H groups in total. The molecule has 10 heteroatoms. The van der Waals surface area contributed by atoms with Gasteiger partial charge in [-0.05, 0) is 48.7 Å². The van der Waals surface area contributed by atoms with Crippen molar-refractivity contribution in [2.45, 2.75) is 36.0 Å². The minimum Gasteiger partial charge on any atom is -0.486 e. The molecular formula is C24H27N3O6S. The lowest BCUT2D eigenvalue weighted by atomic mass is 9.77. The van der Waals surface area contributed by atoms with Crippen LogP contribution in [0.2, 0.25) is 0 Å². The fourth-order valence-corrected chi connectivity index (χ4v) is 6.36. The number of hydrogen-bond acceptors (Lipinski definition) is 6. The summed E-state index contributed by atoms with van der Waals surface area (Å²) in [5.74, 6) is 0.810. The number of benzene rings is 2. The molecule has 34 heavy (non-hydrogen) atoms. The first-order valence-electron chi connectivity index (χ1n) is 11.5. The van der Waals surface area contributed by atoms with Crippen molar-refractivity contribution in [3.05, 3.63) is 48.0 Å². The second-order valence-electron chi connectivity index (χ2n) is 8.82. The highest BCUT2D eigenvalue weighted by molar-refractivity contribution is 7.89. The number of rotatable bonds is 5. The van der Waals surface area contributed by atoms with Crippen LogP contribution >= 0.6 is 0 Å². The Morgan fingerprint density at radius 1 is 1.03 bits per heavy atom. The van der Waals surface area contributed by atoms with Crippen LogP contribution in [0.25, 0.3) is 0 Å². The second-order valence-corrected chi connectivity index (χ2v) is 10.8. The van der Waals surface area contributed by atoms with Crippen molar-refractivity contribution >= 4 is 27.5 Å². The normalized spacial score (nSPS) is 19.9. The van der Waals surface area contributed by atoms with Gasteiger partial charge in [-0.3, -0.25) is 9.59 Å². The Balaban J connectivity index is 1.40. The number of hydrogen-bond donors (Lipinski definition) is 2. The van der Waals surface area contributed by atoms with E-state index in [1.165, 1.54) is 12.1 Å². The summed E-state index contributed by atoms with van der Waals surface area (Å²) in [5.41, 5.74) is 0.543. The zero-order chi connectivity index (χ0) is 23.8. The monoisotopic (exact) mass is 485 g/mol. The van der Waals surface area contributed by atoms with Crippen LogP contribution in [0.1, 0.15) is 31.2 Å². The van der Waals surface area contributed by atoms with Gasteiger partial charge in [-0.1, -0.05) is 25.0 Å². The fraction of sp³-hybridized carbons (Fsp3) is 0.417. The number of piperazine rings is 1. The number of carbonyl (C=O) groups is 2. The van der Waals surface area contributed by atoms with Gasteiger partial charge in [0.05, 0.1) is 16.9 Å². The van der Waals surface area contributed by atoms with E-state index >= 15 is 0 Å². The topological polar surface area (TPSA) is 114 Å². The summed E-state index contributed by atoms with van der Waals surface area (Å²) in [6.07, 6.45) is 3.24. The molecule has 2 aliphatic heterocycles. The molecule has 3 aliphatic rings. The van der Waals surface area contributed by atoms with Crippen LogP contribution in [-0.2, 0) is 25.0 Å². The van der Waals surface area contributed by atoms with Crippen LogP contribution in [0.5, 0.6) is 11.5 Å². The second kappa shape index (κ2) is 8.92. The largest absolute Gasteiger partial charge is 0.486 e. The van der Waals surface area contributed by atoms with Crippen molar-refractivity contribution in [3.8, 4) is 11.5 Å². The van der Waals surface area contributed by atoms with E-state index in [2.05, 4.69) is 10.6 Å². The summed E-state index contributed by atoms with van der Waals surface area (Å²) in [5, 5.41) is 5.58. The molecule has 2 fully saturated rings. The van der Waals surface area contributed by atoms with Crippen LogP contribution in [0.3, 0.4) is 0 Å².